The zero-order valence-corrected chi connectivity index (χ0v) is 17.4. The summed E-state index contributed by atoms with van der Waals surface area (Å²) in [6, 6.07) is 17.0. The molecular weight excluding hydrogens is 382 g/mol. The Balaban J connectivity index is 2.21. The predicted molar refractivity (Wildman–Crippen MR) is 113 cm³/mol. The number of methoxy groups -OCH3 is 2. The summed E-state index contributed by atoms with van der Waals surface area (Å²) in [7, 11) is 2.59. The molecule has 0 aliphatic heterocycles. The first-order valence-corrected chi connectivity index (χ1v) is 9.41. The van der Waals surface area contributed by atoms with Gasteiger partial charge in [-0.3, -0.25) is 4.98 Å². The standard InChI is InChI=1S/C24H23NO5/c1-15-20(23(26)28-3)22(21(16(2)25-15)24(27)29-4)18-12-8-9-13-19(18)30-14-17-10-6-5-7-11-17/h5-13H,14H2,1-4H3. The molecule has 154 valence electrons. The number of para-hydroxylation sites is 1. The minimum atomic E-state index is -0.585. The number of hydrogen-bond acceptors (Lipinski definition) is 6. The molecule has 30 heavy (non-hydrogen) atoms. The molecule has 2 aromatic carbocycles. The maximum Gasteiger partial charge on any atom is 0.340 e. The second kappa shape index (κ2) is 9.22. The molecule has 0 amide bonds. The molecule has 6 heteroatoms. The first kappa shape index (κ1) is 21.0. The van der Waals surface area contributed by atoms with E-state index in [1.54, 1.807) is 26.0 Å². The SMILES string of the molecule is COC(=O)c1c(C)nc(C)c(C(=O)OC)c1-c1ccccc1OCc1ccccc1. The summed E-state index contributed by atoms with van der Waals surface area (Å²) >= 11 is 0. The van der Waals surface area contributed by atoms with Crippen LogP contribution in [0.4, 0.5) is 0 Å². The van der Waals surface area contributed by atoms with Crippen LogP contribution in [-0.4, -0.2) is 31.1 Å². The number of carbonyl (C=O) groups is 2. The second-order valence-electron chi connectivity index (χ2n) is 6.66. The van der Waals surface area contributed by atoms with Gasteiger partial charge >= 0.3 is 11.9 Å². The number of rotatable bonds is 6. The van der Waals surface area contributed by atoms with Crippen LogP contribution in [0, 0.1) is 13.8 Å². The number of nitrogens with zero attached hydrogens (tertiary/aromatic N) is 1. The molecule has 0 radical (unpaired) electrons. The molecule has 0 unspecified atom stereocenters. The highest BCUT2D eigenvalue weighted by Gasteiger charge is 2.28. The van der Waals surface area contributed by atoms with Gasteiger partial charge in [-0.1, -0.05) is 48.5 Å². The van der Waals surface area contributed by atoms with E-state index in [-0.39, 0.29) is 11.1 Å². The van der Waals surface area contributed by atoms with Crippen LogP contribution in [0.1, 0.15) is 37.7 Å². The predicted octanol–water partition coefficient (Wildman–Crippen LogP) is 4.52. The summed E-state index contributed by atoms with van der Waals surface area (Å²) in [5.41, 5.74) is 3.30. The van der Waals surface area contributed by atoms with E-state index in [9.17, 15) is 9.59 Å². The lowest BCUT2D eigenvalue weighted by molar-refractivity contribution is 0.0599. The molecule has 0 bridgehead atoms. The van der Waals surface area contributed by atoms with Gasteiger partial charge in [-0.05, 0) is 25.5 Å². The topological polar surface area (TPSA) is 74.7 Å². The molecule has 0 aliphatic carbocycles. The zero-order valence-electron chi connectivity index (χ0n) is 17.4. The molecule has 0 aliphatic rings. The Morgan fingerprint density at radius 2 is 1.33 bits per heavy atom. The molecule has 6 nitrogen and oxygen atoms in total. The van der Waals surface area contributed by atoms with Crippen LogP contribution in [0.3, 0.4) is 0 Å². The maximum atomic E-state index is 12.6. The van der Waals surface area contributed by atoms with Crippen molar-refractivity contribution in [2.45, 2.75) is 20.5 Å². The Morgan fingerprint density at radius 3 is 1.90 bits per heavy atom. The van der Waals surface area contributed by atoms with Crippen molar-refractivity contribution in [1.82, 2.24) is 4.98 Å². The van der Waals surface area contributed by atoms with E-state index in [0.717, 1.165) is 5.56 Å². The third-order valence-electron chi connectivity index (χ3n) is 4.73. The van der Waals surface area contributed by atoms with Gasteiger partial charge in [-0.2, -0.15) is 0 Å². The Morgan fingerprint density at radius 1 is 0.800 bits per heavy atom. The van der Waals surface area contributed by atoms with Crippen molar-refractivity contribution in [3.05, 3.63) is 82.7 Å². The van der Waals surface area contributed by atoms with Crippen LogP contribution < -0.4 is 4.74 Å². The lowest BCUT2D eigenvalue weighted by Crippen LogP contribution is -2.16. The molecule has 1 heterocycles. The number of pyridine rings is 1. The maximum absolute atomic E-state index is 12.6. The van der Waals surface area contributed by atoms with E-state index < -0.39 is 11.9 Å². The highest BCUT2D eigenvalue weighted by atomic mass is 16.5. The van der Waals surface area contributed by atoms with Crippen LogP contribution in [0.5, 0.6) is 5.75 Å². The van der Waals surface area contributed by atoms with Crippen molar-refractivity contribution in [1.29, 1.82) is 0 Å². The van der Waals surface area contributed by atoms with Gasteiger partial charge in [0.15, 0.2) is 0 Å². The molecule has 0 fully saturated rings. The summed E-state index contributed by atoms with van der Waals surface area (Å²) in [5.74, 6) is -0.641. The van der Waals surface area contributed by atoms with E-state index in [1.165, 1.54) is 14.2 Å². The fraction of sp³-hybridized carbons (Fsp3) is 0.208. The first-order chi connectivity index (χ1) is 14.5. The molecule has 0 saturated carbocycles. The van der Waals surface area contributed by atoms with Gasteiger partial charge < -0.3 is 14.2 Å². The molecule has 3 rings (SSSR count). The summed E-state index contributed by atoms with van der Waals surface area (Å²) < 4.78 is 16.0. The Hall–Kier alpha value is -3.67. The monoisotopic (exact) mass is 405 g/mol. The third-order valence-corrected chi connectivity index (χ3v) is 4.73. The van der Waals surface area contributed by atoms with E-state index >= 15 is 0 Å². The van der Waals surface area contributed by atoms with Crippen molar-refractivity contribution in [3.8, 4) is 16.9 Å². The first-order valence-electron chi connectivity index (χ1n) is 9.41. The quantitative estimate of drug-likeness (QED) is 0.562. The van der Waals surface area contributed by atoms with Gasteiger partial charge in [0.2, 0.25) is 0 Å². The second-order valence-corrected chi connectivity index (χ2v) is 6.66. The van der Waals surface area contributed by atoms with Gasteiger partial charge in [0, 0.05) is 11.1 Å². The Labute approximate surface area is 175 Å². The normalized spacial score (nSPS) is 10.4. The van der Waals surface area contributed by atoms with Gasteiger partial charge in [0.1, 0.15) is 12.4 Å². The molecule has 3 aromatic rings. The smallest absolute Gasteiger partial charge is 0.340 e. The number of ether oxygens (including phenoxy) is 3. The molecular formula is C24H23NO5. The average Bonchev–Trinajstić information content (AvgIpc) is 2.77. The number of benzene rings is 2. The Bertz CT molecular complexity index is 1040. The van der Waals surface area contributed by atoms with Crippen LogP contribution in [-0.2, 0) is 16.1 Å². The van der Waals surface area contributed by atoms with Crippen molar-refractivity contribution >= 4 is 11.9 Å². The number of hydrogen-bond donors (Lipinski definition) is 0. The van der Waals surface area contributed by atoms with Gasteiger partial charge in [-0.15, -0.1) is 0 Å². The number of aromatic nitrogens is 1. The van der Waals surface area contributed by atoms with Crippen LogP contribution >= 0.6 is 0 Å². The lowest BCUT2D eigenvalue weighted by Gasteiger charge is -2.19. The number of esters is 2. The molecule has 0 spiro atoms. The third kappa shape index (κ3) is 4.17. The highest BCUT2D eigenvalue weighted by Crippen LogP contribution is 2.38. The summed E-state index contributed by atoms with van der Waals surface area (Å²) in [6.45, 7) is 3.75. The average molecular weight is 405 g/mol. The van der Waals surface area contributed by atoms with Crippen molar-refractivity contribution in [2.75, 3.05) is 14.2 Å². The molecule has 0 atom stereocenters. The van der Waals surface area contributed by atoms with Gasteiger partial charge in [-0.25, -0.2) is 9.59 Å². The van der Waals surface area contributed by atoms with Crippen LogP contribution in [0.25, 0.3) is 11.1 Å². The fourth-order valence-corrected chi connectivity index (χ4v) is 3.36. The minimum absolute atomic E-state index is 0.208. The summed E-state index contributed by atoms with van der Waals surface area (Å²) in [6.07, 6.45) is 0. The van der Waals surface area contributed by atoms with Gasteiger partial charge in [0.25, 0.3) is 0 Å². The summed E-state index contributed by atoms with van der Waals surface area (Å²) in [4.78, 5) is 29.7. The van der Waals surface area contributed by atoms with E-state index in [2.05, 4.69) is 4.98 Å². The van der Waals surface area contributed by atoms with Gasteiger partial charge in [0.05, 0.1) is 36.7 Å². The van der Waals surface area contributed by atoms with E-state index in [4.69, 9.17) is 14.2 Å². The number of aryl methyl sites for hydroxylation is 2. The fourth-order valence-electron chi connectivity index (χ4n) is 3.36. The molecule has 0 saturated heterocycles. The van der Waals surface area contributed by atoms with E-state index in [1.807, 2.05) is 42.5 Å². The van der Waals surface area contributed by atoms with E-state index in [0.29, 0.717) is 34.9 Å². The molecule has 0 N–H and O–H groups in total. The zero-order chi connectivity index (χ0) is 21.7. The number of carbonyl (C=O) groups excluding carboxylic acids is 2. The Kier molecular flexibility index (Phi) is 6.47. The van der Waals surface area contributed by atoms with Crippen molar-refractivity contribution in [3.63, 3.8) is 0 Å². The minimum Gasteiger partial charge on any atom is -0.488 e. The summed E-state index contributed by atoms with van der Waals surface area (Å²) in [5, 5.41) is 0. The molecule has 1 aromatic heterocycles. The van der Waals surface area contributed by atoms with Crippen molar-refractivity contribution < 1.29 is 23.8 Å². The van der Waals surface area contributed by atoms with Crippen molar-refractivity contribution in [2.24, 2.45) is 0 Å². The largest absolute Gasteiger partial charge is 0.488 e. The van der Waals surface area contributed by atoms with Crippen LogP contribution in [0.15, 0.2) is 54.6 Å². The van der Waals surface area contributed by atoms with Crippen LogP contribution in [0.2, 0.25) is 0 Å². The lowest BCUT2D eigenvalue weighted by atomic mass is 9.92. The highest BCUT2D eigenvalue weighted by molar-refractivity contribution is 6.07.